The second-order valence-electron chi connectivity index (χ2n) is 6.37. The molecule has 2 unspecified atom stereocenters. The standard InChI is InChI=1S/C17H20N2O5/c1-22-13-4-5-18(9-13)17(21)11-6-16(20)19(8-11)12-2-3-14-15(7-12)24-10-23-14/h2-3,7,11,13H,4-6,8-10H2,1H3. The molecule has 128 valence electrons. The van der Waals surface area contributed by atoms with Gasteiger partial charge < -0.3 is 24.0 Å². The van der Waals surface area contributed by atoms with E-state index in [1.807, 2.05) is 11.0 Å². The summed E-state index contributed by atoms with van der Waals surface area (Å²) in [5, 5.41) is 0. The molecule has 1 aromatic carbocycles. The summed E-state index contributed by atoms with van der Waals surface area (Å²) in [6.07, 6.45) is 1.21. The molecule has 0 spiro atoms. The molecule has 0 bridgehead atoms. The van der Waals surface area contributed by atoms with Crippen molar-refractivity contribution in [3.05, 3.63) is 18.2 Å². The molecule has 7 nitrogen and oxygen atoms in total. The fraction of sp³-hybridized carbons (Fsp3) is 0.529. The van der Waals surface area contributed by atoms with Crippen LogP contribution in [0.15, 0.2) is 18.2 Å². The summed E-state index contributed by atoms with van der Waals surface area (Å²) in [5.74, 6) is 1.04. The number of likely N-dealkylation sites (tertiary alicyclic amines) is 1. The Balaban J connectivity index is 1.46. The lowest BCUT2D eigenvalue weighted by Gasteiger charge is -2.21. The van der Waals surface area contributed by atoms with Crippen molar-refractivity contribution in [1.82, 2.24) is 4.90 Å². The first kappa shape index (κ1) is 15.3. The molecule has 0 saturated carbocycles. The SMILES string of the molecule is COC1CCN(C(=O)C2CC(=O)N(c3ccc4c(c3)OCO4)C2)C1. The van der Waals surface area contributed by atoms with Crippen molar-refractivity contribution in [3.8, 4) is 11.5 Å². The van der Waals surface area contributed by atoms with E-state index >= 15 is 0 Å². The minimum absolute atomic E-state index is 0.0327. The Morgan fingerprint density at radius 1 is 1.25 bits per heavy atom. The summed E-state index contributed by atoms with van der Waals surface area (Å²) in [5.41, 5.74) is 0.746. The molecule has 2 saturated heterocycles. The predicted octanol–water partition coefficient (Wildman–Crippen LogP) is 1.02. The van der Waals surface area contributed by atoms with Crippen LogP contribution in [-0.4, -0.2) is 56.4 Å². The summed E-state index contributed by atoms with van der Waals surface area (Å²) in [7, 11) is 1.67. The van der Waals surface area contributed by atoms with Gasteiger partial charge in [0.25, 0.3) is 0 Å². The summed E-state index contributed by atoms with van der Waals surface area (Å²) >= 11 is 0. The maximum absolute atomic E-state index is 12.7. The smallest absolute Gasteiger partial charge is 0.231 e. The Hall–Kier alpha value is -2.28. The molecule has 1 aromatic rings. The van der Waals surface area contributed by atoms with E-state index < -0.39 is 0 Å². The average molecular weight is 332 g/mol. The van der Waals surface area contributed by atoms with Crippen LogP contribution >= 0.6 is 0 Å². The Bertz CT molecular complexity index is 677. The molecule has 3 heterocycles. The molecule has 2 amide bonds. The van der Waals surface area contributed by atoms with E-state index in [4.69, 9.17) is 14.2 Å². The topological polar surface area (TPSA) is 68.3 Å². The van der Waals surface area contributed by atoms with Gasteiger partial charge in [-0.25, -0.2) is 0 Å². The maximum atomic E-state index is 12.7. The molecular formula is C17H20N2O5. The van der Waals surface area contributed by atoms with Crippen LogP contribution < -0.4 is 14.4 Å². The van der Waals surface area contributed by atoms with Gasteiger partial charge in [-0.1, -0.05) is 0 Å². The number of rotatable bonds is 3. The third-order valence-electron chi connectivity index (χ3n) is 4.93. The number of hydrogen-bond acceptors (Lipinski definition) is 5. The van der Waals surface area contributed by atoms with E-state index in [0.29, 0.717) is 31.1 Å². The number of carbonyl (C=O) groups excluding carboxylic acids is 2. The lowest BCUT2D eigenvalue weighted by atomic mass is 10.1. The van der Waals surface area contributed by atoms with Crippen molar-refractivity contribution in [2.24, 2.45) is 5.92 Å². The van der Waals surface area contributed by atoms with E-state index in [-0.39, 0.29) is 37.0 Å². The van der Waals surface area contributed by atoms with Gasteiger partial charge in [-0.15, -0.1) is 0 Å². The van der Waals surface area contributed by atoms with E-state index in [0.717, 1.165) is 12.1 Å². The first-order valence-electron chi connectivity index (χ1n) is 8.17. The normalized spacial score (nSPS) is 25.6. The first-order valence-corrected chi connectivity index (χ1v) is 8.17. The molecule has 3 aliphatic heterocycles. The van der Waals surface area contributed by atoms with Gasteiger partial charge in [0.05, 0.1) is 12.0 Å². The fourth-order valence-corrected chi connectivity index (χ4v) is 3.55. The van der Waals surface area contributed by atoms with Crippen LogP contribution in [-0.2, 0) is 14.3 Å². The highest BCUT2D eigenvalue weighted by atomic mass is 16.7. The van der Waals surface area contributed by atoms with E-state index in [1.54, 1.807) is 24.1 Å². The zero-order valence-electron chi connectivity index (χ0n) is 13.6. The molecule has 7 heteroatoms. The Morgan fingerprint density at radius 3 is 2.88 bits per heavy atom. The lowest BCUT2D eigenvalue weighted by molar-refractivity contribution is -0.135. The predicted molar refractivity (Wildman–Crippen MR) is 85.0 cm³/mol. The van der Waals surface area contributed by atoms with Gasteiger partial charge in [0.15, 0.2) is 11.5 Å². The number of ether oxygens (including phenoxy) is 3. The van der Waals surface area contributed by atoms with Crippen LogP contribution in [0.2, 0.25) is 0 Å². The second-order valence-corrected chi connectivity index (χ2v) is 6.37. The molecule has 0 aliphatic carbocycles. The molecular weight excluding hydrogens is 312 g/mol. The van der Waals surface area contributed by atoms with Gasteiger partial charge >= 0.3 is 0 Å². The molecule has 4 rings (SSSR count). The second kappa shape index (κ2) is 5.98. The number of methoxy groups -OCH3 is 1. The number of fused-ring (bicyclic) bond motifs is 1. The monoisotopic (exact) mass is 332 g/mol. The van der Waals surface area contributed by atoms with Gasteiger partial charge in [-0.05, 0) is 18.6 Å². The summed E-state index contributed by atoms with van der Waals surface area (Å²) < 4.78 is 16.0. The minimum atomic E-state index is -0.293. The van der Waals surface area contributed by atoms with Gasteiger partial charge in [0, 0.05) is 44.9 Å². The molecule has 0 N–H and O–H groups in total. The molecule has 3 aliphatic rings. The van der Waals surface area contributed by atoms with Crippen molar-refractivity contribution in [2.45, 2.75) is 18.9 Å². The van der Waals surface area contributed by atoms with Crippen molar-refractivity contribution in [2.75, 3.05) is 38.4 Å². The number of nitrogens with zero attached hydrogens (tertiary/aromatic N) is 2. The molecule has 2 atom stereocenters. The van der Waals surface area contributed by atoms with E-state index in [1.165, 1.54) is 0 Å². The molecule has 2 fully saturated rings. The fourth-order valence-electron chi connectivity index (χ4n) is 3.55. The van der Waals surface area contributed by atoms with Crippen LogP contribution in [0.3, 0.4) is 0 Å². The Morgan fingerprint density at radius 2 is 2.08 bits per heavy atom. The van der Waals surface area contributed by atoms with Gasteiger partial charge in [-0.2, -0.15) is 0 Å². The highest BCUT2D eigenvalue weighted by Crippen LogP contribution is 2.37. The number of amides is 2. The van der Waals surface area contributed by atoms with Crippen molar-refractivity contribution in [3.63, 3.8) is 0 Å². The number of carbonyl (C=O) groups is 2. The first-order chi connectivity index (χ1) is 11.7. The summed E-state index contributed by atoms with van der Waals surface area (Å²) in [6, 6.07) is 5.42. The highest BCUT2D eigenvalue weighted by molar-refractivity contribution is 6.00. The summed E-state index contributed by atoms with van der Waals surface area (Å²) in [4.78, 5) is 28.5. The lowest BCUT2D eigenvalue weighted by Crippen LogP contribution is -2.36. The van der Waals surface area contributed by atoms with Crippen LogP contribution in [0.4, 0.5) is 5.69 Å². The van der Waals surface area contributed by atoms with Crippen LogP contribution in [0.25, 0.3) is 0 Å². The largest absolute Gasteiger partial charge is 0.454 e. The third-order valence-corrected chi connectivity index (χ3v) is 4.93. The minimum Gasteiger partial charge on any atom is -0.454 e. The summed E-state index contributed by atoms with van der Waals surface area (Å²) in [6.45, 7) is 1.92. The molecule has 0 aromatic heterocycles. The van der Waals surface area contributed by atoms with Gasteiger partial charge in [-0.3, -0.25) is 9.59 Å². The quantitative estimate of drug-likeness (QED) is 0.826. The Kier molecular flexibility index (Phi) is 3.80. The maximum Gasteiger partial charge on any atom is 0.231 e. The zero-order valence-corrected chi connectivity index (χ0v) is 13.6. The van der Waals surface area contributed by atoms with Crippen molar-refractivity contribution >= 4 is 17.5 Å². The molecule has 0 radical (unpaired) electrons. The number of anilines is 1. The molecule has 24 heavy (non-hydrogen) atoms. The average Bonchev–Trinajstić information content (AvgIpc) is 3.32. The van der Waals surface area contributed by atoms with Crippen LogP contribution in [0.5, 0.6) is 11.5 Å². The van der Waals surface area contributed by atoms with Gasteiger partial charge in [0.2, 0.25) is 18.6 Å². The number of benzene rings is 1. The van der Waals surface area contributed by atoms with Crippen molar-refractivity contribution < 1.29 is 23.8 Å². The third kappa shape index (κ3) is 2.58. The van der Waals surface area contributed by atoms with E-state index in [9.17, 15) is 9.59 Å². The number of hydrogen-bond donors (Lipinski definition) is 0. The zero-order chi connectivity index (χ0) is 16.7. The van der Waals surface area contributed by atoms with Crippen molar-refractivity contribution in [1.29, 1.82) is 0 Å². The Labute approximate surface area is 140 Å². The highest BCUT2D eigenvalue weighted by Gasteiger charge is 2.39. The van der Waals surface area contributed by atoms with Gasteiger partial charge in [0.1, 0.15) is 0 Å². The van der Waals surface area contributed by atoms with E-state index in [2.05, 4.69) is 0 Å². The van der Waals surface area contributed by atoms with Crippen LogP contribution in [0, 0.1) is 5.92 Å². The van der Waals surface area contributed by atoms with Crippen LogP contribution in [0.1, 0.15) is 12.8 Å².